The lowest BCUT2D eigenvalue weighted by molar-refractivity contribution is -0.134. The van der Waals surface area contributed by atoms with E-state index in [1.165, 1.54) is 30.4 Å². The van der Waals surface area contributed by atoms with E-state index in [2.05, 4.69) is 29.6 Å². The molecule has 0 aliphatic carbocycles. The molecule has 1 amide bonds. The van der Waals surface area contributed by atoms with Crippen molar-refractivity contribution in [3.63, 3.8) is 0 Å². The smallest absolute Gasteiger partial charge is 0.240 e. The number of benzene rings is 1. The molecule has 18 heavy (non-hydrogen) atoms. The second-order valence-electron chi connectivity index (χ2n) is 5.32. The third kappa shape index (κ3) is 2.27. The molecule has 1 atom stereocenters. The lowest BCUT2D eigenvalue weighted by atomic mass is 10.1. The Hall–Kier alpha value is -1.35. The minimum absolute atomic E-state index is 0.0433. The number of nitrogens with zero attached hydrogens (tertiary/aromatic N) is 1. The van der Waals surface area contributed by atoms with E-state index in [0.29, 0.717) is 0 Å². The van der Waals surface area contributed by atoms with E-state index in [1.54, 1.807) is 0 Å². The minimum atomic E-state index is 0.0433. The molecule has 1 N–H and O–H groups in total. The molecule has 96 valence electrons. The quantitative estimate of drug-likeness (QED) is 0.820. The van der Waals surface area contributed by atoms with Crippen LogP contribution in [0.15, 0.2) is 24.3 Å². The van der Waals surface area contributed by atoms with E-state index < -0.39 is 0 Å². The molecule has 1 unspecified atom stereocenters. The van der Waals surface area contributed by atoms with Crippen LogP contribution in [0.25, 0.3) is 0 Å². The lowest BCUT2D eigenvalue weighted by Crippen LogP contribution is -2.44. The van der Waals surface area contributed by atoms with Gasteiger partial charge in [-0.1, -0.05) is 37.1 Å². The van der Waals surface area contributed by atoms with Gasteiger partial charge in [0.15, 0.2) is 0 Å². The third-order valence-corrected chi connectivity index (χ3v) is 4.01. The molecule has 2 aliphatic heterocycles. The Balaban J connectivity index is 1.68. The fourth-order valence-corrected chi connectivity index (χ4v) is 2.95. The summed E-state index contributed by atoms with van der Waals surface area (Å²) in [5, 5.41) is 3.39. The van der Waals surface area contributed by atoms with Gasteiger partial charge in [0.25, 0.3) is 0 Å². The Morgan fingerprint density at radius 3 is 2.56 bits per heavy atom. The summed E-state index contributed by atoms with van der Waals surface area (Å²) in [5.41, 5.74) is 2.61. The van der Waals surface area contributed by atoms with Gasteiger partial charge in [0.1, 0.15) is 0 Å². The number of carbonyl (C=O) groups is 1. The summed E-state index contributed by atoms with van der Waals surface area (Å²) in [4.78, 5) is 14.5. The van der Waals surface area contributed by atoms with Crippen LogP contribution in [0.1, 0.15) is 36.8 Å². The molecular formula is C15H20N2O. The molecule has 2 heterocycles. The molecule has 0 bridgehead atoms. The summed E-state index contributed by atoms with van der Waals surface area (Å²) in [7, 11) is 0. The van der Waals surface area contributed by atoms with Gasteiger partial charge in [-0.15, -0.1) is 0 Å². The Labute approximate surface area is 108 Å². The average Bonchev–Trinajstić information content (AvgIpc) is 2.64. The van der Waals surface area contributed by atoms with Gasteiger partial charge in [0.2, 0.25) is 5.91 Å². The Morgan fingerprint density at radius 2 is 1.83 bits per heavy atom. The highest BCUT2D eigenvalue weighted by molar-refractivity contribution is 5.82. The van der Waals surface area contributed by atoms with Gasteiger partial charge in [-0.25, -0.2) is 0 Å². The SMILES string of the molecule is O=C(C1CCCCCN1)N1Cc2ccccc2C1. The Morgan fingerprint density at radius 1 is 1.11 bits per heavy atom. The second kappa shape index (κ2) is 5.11. The highest BCUT2D eigenvalue weighted by atomic mass is 16.2. The number of fused-ring (bicyclic) bond motifs is 1. The number of hydrogen-bond acceptors (Lipinski definition) is 2. The molecule has 1 aromatic carbocycles. The van der Waals surface area contributed by atoms with Gasteiger partial charge >= 0.3 is 0 Å². The van der Waals surface area contributed by atoms with Crippen molar-refractivity contribution in [1.29, 1.82) is 0 Å². The van der Waals surface area contributed by atoms with Crippen LogP contribution >= 0.6 is 0 Å². The summed E-state index contributed by atoms with van der Waals surface area (Å²) in [6.07, 6.45) is 4.61. The first-order valence-electron chi connectivity index (χ1n) is 6.93. The first kappa shape index (κ1) is 11.7. The molecule has 0 spiro atoms. The van der Waals surface area contributed by atoms with Crippen LogP contribution in [0.4, 0.5) is 0 Å². The summed E-state index contributed by atoms with van der Waals surface area (Å²) < 4.78 is 0. The number of nitrogens with one attached hydrogen (secondary N) is 1. The number of amides is 1. The molecule has 0 radical (unpaired) electrons. The normalized spacial score (nSPS) is 23.6. The maximum absolute atomic E-state index is 12.5. The first-order chi connectivity index (χ1) is 8.84. The largest absolute Gasteiger partial charge is 0.333 e. The van der Waals surface area contributed by atoms with E-state index in [1.807, 2.05) is 4.90 Å². The van der Waals surface area contributed by atoms with E-state index >= 15 is 0 Å². The van der Waals surface area contributed by atoms with Crippen LogP contribution in [-0.2, 0) is 17.9 Å². The summed E-state index contributed by atoms with van der Waals surface area (Å²) in [6, 6.07) is 8.40. The second-order valence-corrected chi connectivity index (χ2v) is 5.32. The fourth-order valence-electron chi connectivity index (χ4n) is 2.95. The summed E-state index contributed by atoms with van der Waals surface area (Å²) >= 11 is 0. The molecule has 3 nitrogen and oxygen atoms in total. The predicted octanol–water partition coefficient (Wildman–Crippen LogP) is 2.06. The molecule has 2 aliphatic rings. The highest BCUT2D eigenvalue weighted by Gasteiger charge is 2.28. The van der Waals surface area contributed by atoms with Crippen molar-refractivity contribution in [2.45, 2.75) is 44.8 Å². The van der Waals surface area contributed by atoms with E-state index in [9.17, 15) is 4.79 Å². The summed E-state index contributed by atoms with van der Waals surface area (Å²) in [6.45, 7) is 2.55. The number of rotatable bonds is 1. The summed E-state index contributed by atoms with van der Waals surface area (Å²) in [5.74, 6) is 0.285. The van der Waals surface area contributed by atoms with E-state index in [0.717, 1.165) is 26.1 Å². The molecule has 1 fully saturated rings. The minimum Gasteiger partial charge on any atom is -0.333 e. The van der Waals surface area contributed by atoms with Crippen molar-refractivity contribution >= 4 is 5.91 Å². The maximum atomic E-state index is 12.5. The van der Waals surface area contributed by atoms with Crippen molar-refractivity contribution in [3.8, 4) is 0 Å². The van der Waals surface area contributed by atoms with E-state index in [4.69, 9.17) is 0 Å². The highest BCUT2D eigenvalue weighted by Crippen LogP contribution is 2.23. The van der Waals surface area contributed by atoms with Gasteiger partial charge in [-0.3, -0.25) is 4.79 Å². The first-order valence-corrected chi connectivity index (χ1v) is 6.93. The molecule has 1 aromatic rings. The molecule has 3 rings (SSSR count). The van der Waals surface area contributed by atoms with Crippen LogP contribution < -0.4 is 5.32 Å². The van der Waals surface area contributed by atoms with Gasteiger partial charge in [0, 0.05) is 13.1 Å². The molecule has 1 saturated heterocycles. The Bertz CT molecular complexity index is 411. The number of carbonyl (C=O) groups excluding carboxylic acids is 1. The van der Waals surface area contributed by atoms with Gasteiger partial charge in [-0.05, 0) is 30.5 Å². The monoisotopic (exact) mass is 244 g/mol. The standard InChI is InChI=1S/C15H20N2O/c18-15(14-8-2-1-5-9-16-14)17-10-12-6-3-4-7-13(12)11-17/h3-4,6-7,14,16H,1-2,5,8-11H2. The lowest BCUT2D eigenvalue weighted by Gasteiger charge is -2.22. The molecular weight excluding hydrogens is 224 g/mol. The predicted molar refractivity (Wildman–Crippen MR) is 71.0 cm³/mol. The van der Waals surface area contributed by atoms with Crippen LogP contribution in [-0.4, -0.2) is 23.4 Å². The van der Waals surface area contributed by atoms with Crippen molar-refractivity contribution in [2.75, 3.05) is 6.54 Å². The van der Waals surface area contributed by atoms with Crippen LogP contribution in [0.3, 0.4) is 0 Å². The molecule has 0 aromatic heterocycles. The van der Waals surface area contributed by atoms with Crippen molar-refractivity contribution in [2.24, 2.45) is 0 Å². The van der Waals surface area contributed by atoms with Gasteiger partial charge in [0.05, 0.1) is 6.04 Å². The number of hydrogen-bond donors (Lipinski definition) is 1. The van der Waals surface area contributed by atoms with E-state index in [-0.39, 0.29) is 11.9 Å². The fraction of sp³-hybridized carbons (Fsp3) is 0.533. The molecule has 0 saturated carbocycles. The van der Waals surface area contributed by atoms with Crippen LogP contribution in [0.5, 0.6) is 0 Å². The van der Waals surface area contributed by atoms with Crippen LogP contribution in [0, 0.1) is 0 Å². The topological polar surface area (TPSA) is 32.3 Å². The Kier molecular flexibility index (Phi) is 3.33. The third-order valence-electron chi connectivity index (χ3n) is 4.01. The van der Waals surface area contributed by atoms with Crippen molar-refractivity contribution < 1.29 is 4.79 Å². The zero-order valence-electron chi connectivity index (χ0n) is 10.7. The zero-order chi connectivity index (χ0) is 12.4. The van der Waals surface area contributed by atoms with Gasteiger partial charge in [-0.2, -0.15) is 0 Å². The average molecular weight is 244 g/mol. The van der Waals surface area contributed by atoms with Gasteiger partial charge < -0.3 is 10.2 Å². The molecule has 3 heteroatoms. The van der Waals surface area contributed by atoms with Crippen LogP contribution in [0.2, 0.25) is 0 Å². The van der Waals surface area contributed by atoms with Crippen molar-refractivity contribution in [1.82, 2.24) is 10.2 Å². The zero-order valence-corrected chi connectivity index (χ0v) is 10.7. The maximum Gasteiger partial charge on any atom is 0.240 e. The van der Waals surface area contributed by atoms with Crippen molar-refractivity contribution in [3.05, 3.63) is 35.4 Å².